The molecule has 0 saturated carbocycles. The molecule has 3 rings (SSSR count). The van der Waals surface area contributed by atoms with E-state index in [1.165, 1.54) is 21.8 Å². The van der Waals surface area contributed by atoms with Crippen LogP contribution in [0.25, 0.3) is 0 Å². The van der Waals surface area contributed by atoms with Crippen molar-refractivity contribution in [3.63, 3.8) is 0 Å². The summed E-state index contributed by atoms with van der Waals surface area (Å²) in [5, 5.41) is 4.09. The molecular weight excluding hydrogens is 379 g/mol. The Morgan fingerprint density at radius 2 is 2.07 bits per heavy atom. The van der Waals surface area contributed by atoms with Gasteiger partial charge in [0.2, 0.25) is 0 Å². The highest BCUT2D eigenvalue weighted by Gasteiger charge is 2.38. The van der Waals surface area contributed by atoms with Crippen molar-refractivity contribution in [2.45, 2.75) is 26.1 Å². The lowest BCUT2D eigenvalue weighted by Gasteiger charge is -2.32. The van der Waals surface area contributed by atoms with Crippen LogP contribution in [0.15, 0.2) is 24.4 Å². The van der Waals surface area contributed by atoms with Crippen LogP contribution in [-0.2, 0) is 10.9 Å². The van der Waals surface area contributed by atoms with Crippen molar-refractivity contribution >= 4 is 17.6 Å². The molecule has 0 unspecified atom stereocenters. The minimum absolute atomic E-state index is 0.0160. The van der Waals surface area contributed by atoms with Gasteiger partial charge in [0.1, 0.15) is 17.0 Å². The molecule has 1 atom stereocenters. The van der Waals surface area contributed by atoms with E-state index < -0.39 is 29.4 Å². The lowest BCUT2D eigenvalue weighted by atomic mass is 10.1. The number of anilines is 1. The zero-order valence-electron chi connectivity index (χ0n) is 15.4. The van der Waals surface area contributed by atoms with Gasteiger partial charge in [0, 0.05) is 18.3 Å². The number of aromatic nitrogens is 2. The van der Waals surface area contributed by atoms with Crippen molar-refractivity contribution < 1.29 is 32.2 Å². The van der Waals surface area contributed by atoms with Gasteiger partial charge in [-0.25, -0.2) is 4.79 Å². The number of hydrogen-bond acceptors (Lipinski definition) is 5. The van der Waals surface area contributed by atoms with Crippen molar-refractivity contribution in [2.75, 3.05) is 25.2 Å². The lowest BCUT2D eigenvalue weighted by Crippen LogP contribution is -2.43. The van der Waals surface area contributed by atoms with Gasteiger partial charge in [-0.15, -0.1) is 0 Å². The third-order valence-electron chi connectivity index (χ3n) is 4.41. The van der Waals surface area contributed by atoms with Crippen LogP contribution in [0.4, 0.5) is 18.9 Å². The minimum atomic E-state index is -4.58. The molecule has 0 aliphatic carbocycles. The standard InChI is InChI=1S/C18H18F3N3O4/c1-4-28-17(26)12-8-22-24-10(2)9-23(16(25)15(12)24)11-5-6-13(18(19,20)21)14(7-11)27-3/h5-8,10H,4,9H2,1-3H3/t10-/m0/s1. The summed E-state index contributed by atoms with van der Waals surface area (Å²) in [6.45, 7) is 3.72. The summed E-state index contributed by atoms with van der Waals surface area (Å²) in [7, 11) is 1.13. The lowest BCUT2D eigenvalue weighted by molar-refractivity contribution is -0.138. The number of methoxy groups -OCH3 is 1. The highest BCUT2D eigenvalue weighted by Crippen LogP contribution is 2.39. The van der Waals surface area contributed by atoms with Gasteiger partial charge < -0.3 is 14.4 Å². The Balaban J connectivity index is 2.03. The maximum absolute atomic E-state index is 13.1. The zero-order chi connectivity index (χ0) is 20.6. The fourth-order valence-electron chi connectivity index (χ4n) is 3.12. The average molecular weight is 397 g/mol. The van der Waals surface area contributed by atoms with E-state index >= 15 is 0 Å². The zero-order valence-corrected chi connectivity index (χ0v) is 15.4. The molecule has 7 nitrogen and oxygen atoms in total. The number of hydrogen-bond donors (Lipinski definition) is 0. The molecule has 150 valence electrons. The normalized spacial score (nSPS) is 16.7. The SMILES string of the molecule is CCOC(=O)c1cnn2c1C(=O)N(c1ccc(C(F)(F)F)c(OC)c1)C[C@@H]2C. The van der Waals surface area contributed by atoms with Gasteiger partial charge in [0.15, 0.2) is 0 Å². The molecule has 1 aromatic heterocycles. The van der Waals surface area contributed by atoms with Crippen molar-refractivity contribution in [3.05, 3.63) is 41.2 Å². The molecule has 1 amide bonds. The Labute approximate surface area is 158 Å². The number of carbonyl (C=O) groups excluding carboxylic acids is 2. The van der Waals surface area contributed by atoms with Gasteiger partial charge in [0.05, 0.1) is 31.5 Å². The highest BCUT2D eigenvalue weighted by molar-refractivity contribution is 6.11. The molecular formula is C18H18F3N3O4. The third-order valence-corrected chi connectivity index (χ3v) is 4.41. The van der Waals surface area contributed by atoms with Gasteiger partial charge in [0.25, 0.3) is 5.91 Å². The summed E-state index contributed by atoms with van der Waals surface area (Å²) >= 11 is 0. The topological polar surface area (TPSA) is 73.7 Å². The number of esters is 1. The number of ether oxygens (including phenoxy) is 2. The van der Waals surface area contributed by atoms with Crippen LogP contribution in [0.2, 0.25) is 0 Å². The number of fused-ring (bicyclic) bond motifs is 1. The summed E-state index contributed by atoms with van der Waals surface area (Å²) in [4.78, 5) is 26.5. The monoisotopic (exact) mass is 397 g/mol. The number of halogens is 3. The second kappa shape index (κ2) is 7.17. The molecule has 1 aromatic carbocycles. The van der Waals surface area contributed by atoms with Gasteiger partial charge in [-0.2, -0.15) is 18.3 Å². The summed E-state index contributed by atoms with van der Waals surface area (Å²) < 4.78 is 50.5. The van der Waals surface area contributed by atoms with Gasteiger partial charge >= 0.3 is 12.1 Å². The van der Waals surface area contributed by atoms with E-state index in [-0.39, 0.29) is 36.1 Å². The molecule has 2 aromatic rings. The molecule has 10 heteroatoms. The summed E-state index contributed by atoms with van der Waals surface area (Å²) in [6.07, 6.45) is -3.32. The van der Waals surface area contributed by atoms with Crippen molar-refractivity contribution in [3.8, 4) is 5.75 Å². The van der Waals surface area contributed by atoms with Crippen LogP contribution >= 0.6 is 0 Å². The van der Waals surface area contributed by atoms with Crippen LogP contribution in [0.5, 0.6) is 5.75 Å². The fourth-order valence-corrected chi connectivity index (χ4v) is 3.12. The van der Waals surface area contributed by atoms with E-state index in [0.29, 0.717) is 0 Å². The van der Waals surface area contributed by atoms with E-state index in [2.05, 4.69) is 5.10 Å². The Morgan fingerprint density at radius 3 is 2.68 bits per heavy atom. The first-order valence-electron chi connectivity index (χ1n) is 8.50. The molecule has 1 aliphatic heterocycles. The number of carbonyl (C=O) groups is 2. The molecule has 28 heavy (non-hydrogen) atoms. The molecule has 0 fully saturated rings. The molecule has 0 radical (unpaired) electrons. The van der Waals surface area contributed by atoms with Crippen molar-refractivity contribution in [1.29, 1.82) is 0 Å². The maximum atomic E-state index is 13.1. The van der Waals surface area contributed by atoms with Crippen molar-refractivity contribution in [1.82, 2.24) is 9.78 Å². The molecule has 2 heterocycles. The van der Waals surface area contributed by atoms with Crippen LogP contribution < -0.4 is 9.64 Å². The average Bonchev–Trinajstić information content (AvgIpc) is 3.09. The smallest absolute Gasteiger partial charge is 0.419 e. The molecule has 0 bridgehead atoms. The van der Waals surface area contributed by atoms with Gasteiger partial charge in [-0.3, -0.25) is 9.48 Å². The number of nitrogens with zero attached hydrogens (tertiary/aromatic N) is 3. The minimum Gasteiger partial charge on any atom is -0.496 e. The quantitative estimate of drug-likeness (QED) is 0.740. The Hall–Kier alpha value is -3.04. The van der Waals surface area contributed by atoms with Crippen LogP contribution in [0.3, 0.4) is 0 Å². The number of benzene rings is 1. The fraction of sp³-hybridized carbons (Fsp3) is 0.389. The van der Waals surface area contributed by atoms with Crippen LogP contribution in [0.1, 0.15) is 46.3 Å². The molecule has 1 aliphatic rings. The summed E-state index contributed by atoms with van der Waals surface area (Å²) in [5.74, 6) is -1.63. The number of alkyl halides is 3. The second-order valence-corrected chi connectivity index (χ2v) is 6.22. The molecule has 0 spiro atoms. The van der Waals surface area contributed by atoms with Crippen LogP contribution in [0, 0.1) is 0 Å². The summed E-state index contributed by atoms with van der Waals surface area (Å²) in [6, 6.07) is 2.92. The first kappa shape index (κ1) is 19.7. The van der Waals surface area contributed by atoms with Gasteiger partial charge in [-0.1, -0.05) is 0 Å². The molecule has 0 saturated heterocycles. The first-order valence-corrected chi connectivity index (χ1v) is 8.50. The Kier molecular flexibility index (Phi) is 5.05. The largest absolute Gasteiger partial charge is 0.496 e. The predicted octanol–water partition coefficient (Wildman–Crippen LogP) is 3.31. The van der Waals surface area contributed by atoms with E-state index in [1.54, 1.807) is 13.8 Å². The van der Waals surface area contributed by atoms with Crippen molar-refractivity contribution in [2.24, 2.45) is 0 Å². The van der Waals surface area contributed by atoms with E-state index in [9.17, 15) is 22.8 Å². The highest BCUT2D eigenvalue weighted by atomic mass is 19.4. The van der Waals surface area contributed by atoms with E-state index in [0.717, 1.165) is 19.2 Å². The third kappa shape index (κ3) is 3.30. The number of amides is 1. The number of rotatable bonds is 4. The maximum Gasteiger partial charge on any atom is 0.419 e. The Morgan fingerprint density at radius 1 is 1.36 bits per heavy atom. The van der Waals surface area contributed by atoms with E-state index in [1.807, 2.05) is 0 Å². The second-order valence-electron chi connectivity index (χ2n) is 6.22. The molecule has 0 N–H and O–H groups in total. The Bertz CT molecular complexity index is 923. The van der Waals surface area contributed by atoms with E-state index in [4.69, 9.17) is 9.47 Å². The first-order chi connectivity index (χ1) is 13.2. The predicted molar refractivity (Wildman–Crippen MR) is 92.6 cm³/mol. The van der Waals surface area contributed by atoms with Crippen LogP contribution in [-0.4, -0.2) is 41.9 Å². The van der Waals surface area contributed by atoms with Gasteiger partial charge in [-0.05, 0) is 26.0 Å². The summed E-state index contributed by atoms with van der Waals surface area (Å²) in [5.41, 5.74) is -0.657.